The second-order valence-corrected chi connectivity index (χ2v) is 5.33. The van der Waals surface area contributed by atoms with Gasteiger partial charge in [-0.15, -0.1) is 0 Å². The molecule has 5 heteroatoms. The highest BCUT2D eigenvalue weighted by Crippen LogP contribution is 2.44. The van der Waals surface area contributed by atoms with Crippen LogP contribution in [0.15, 0.2) is 0 Å². The average molecular weight is 246 g/mol. The van der Waals surface area contributed by atoms with Gasteiger partial charge in [0.05, 0.1) is 25.4 Å². The monoisotopic (exact) mass is 246 g/mol. The number of aliphatic hydroxyl groups excluding tert-OH is 1. The molecule has 0 saturated carbocycles. The molecule has 0 radical (unpaired) electrons. The Bertz CT molecular complexity index is 272. The molecule has 0 aromatic heterocycles. The summed E-state index contributed by atoms with van der Waals surface area (Å²) in [6, 6.07) is 0. The molecule has 100 valence electrons. The van der Waals surface area contributed by atoms with Crippen LogP contribution in [0.4, 0.5) is 0 Å². The molecule has 2 saturated heterocycles. The van der Waals surface area contributed by atoms with Crippen molar-refractivity contribution in [2.75, 3.05) is 27.1 Å². The van der Waals surface area contributed by atoms with Crippen molar-refractivity contribution in [1.29, 1.82) is 0 Å². The lowest BCUT2D eigenvalue weighted by atomic mass is 10.00. The smallest absolute Gasteiger partial charge is 0.146 e. The predicted molar refractivity (Wildman–Crippen MR) is 60.7 cm³/mol. The molecule has 0 bridgehead atoms. The molecule has 0 aromatic rings. The van der Waals surface area contributed by atoms with E-state index in [9.17, 15) is 0 Å². The minimum Gasteiger partial charge on any atom is -0.393 e. The van der Waals surface area contributed by atoms with E-state index in [4.69, 9.17) is 24.1 Å². The molecule has 2 rings (SSSR count). The molecule has 5 nitrogen and oxygen atoms in total. The van der Waals surface area contributed by atoms with Crippen molar-refractivity contribution in [1.82, 2.24) is 0 Å². The van der Waals surface area contributed by atoms with Crippen LogP contribution < -0.4 is 0 Å². The fourth-order valence-corrected chi connectivity index (χ4v) is 2.21. The number of epoxide rings is 2. The van der Waals surface area contributed by atoms with Crippen molar-refractivity contribution in [2.24, 2.45) is 0 Å². The molecule has 0 aliphatic carbocycles. The highest BCUT2D eigenvalue weighted by atomic mass is 16.7. The molecule has 4 atom stereocenters. The van der Waals surface area contributed by atoms with Gasteiger partial charge < -0.3 is 24.1 Å². The summed E-state index contributed by atoms with van der Waals surface area (Å²) in [5.41, 5.74) is -0.471. The van der Waals surface area contributed by atoms with Crippen LogP contribution >= 0.6 is 0 Å². The largest absolute Gasteiger partial charge is 0.393 e. The minimum atomic E-state index is -0.308. The highest BCUT2D eigenvalue weighted by molar-refractivity contribution is 5.03. The molecule has 2 aliphatic heterocycles. The van der Waals surface area contributed by atoms with E-state index in [2.05, 4.69) is 0 Å². The molecule has 17 heavy (non-hydrogen) atoms. The molecular formula is C12H22O5. The van der Waals surface area contributed by atoms with E-state index in [0.717, 1.165) is 12.8 Å². The molecule has 0 unspecified atom stereocenters. The van der Waals surface area contributed by atoms with Crippen LogP contribution in [0.3, 0.4) is 0 Å². The lowest BCUT2D eigenvalue weighted by Gasteiger charge is -2.06. The van der Waals surface area contributed by atoms with Gasteiger partial charge in [0.1, 0.15) is 18.0 Å². The molecule has 0 aromatic carbocycles. The first-order chi connectivity index (χ1) is 8.04. The summed E-state index contributed by atoms with van der Waals surface area (Å²) in [6.07, 6.45) is 2.31. The van der Waals surface area contributed by atoms with Crippen LogP contribution in [0, 0.1) is 0 Å². The minimum absolute atomic E-state index is 0.0947. The zero-order valence-electron chi connectivity index (χ0n) is 10.8. The van der Waals surface area contributed by atoms with Crippen LogP contribution in [0.1, 0.15) is 26.7 Å². The Labute approximate surface area is 102 Å². The summed E-state index contributed by atoms with van der Waals surface area (Å²) in [6.45, 7) is 4.95. The Morgan fingerprint density at radius 2 is 1.71 bits per heavy atom. The number of rotatable bonds is 8. The summed E-state index contributed by atoms with van der Waals surface area (Å²) in [4.78, 5) is 0. The Morgan fingerprint density at radius 1 is 1.12 bits per heavy atom. The van der Waals surface area contributed by atoms with Gasteiger partial charge in [-0.05, 0) is 26.7 Å². The van der Waals surface area contributed by atoms with E-state index >= 15 is 0 Å². The first kappa shape index (κ1) is 13.2. The van der Waals surface area contributed by atoms with Crippen LogP contribution in [-0.2, 0) is 18.9 Å². The van der Waals surface area contributed by atoms with Crippen molar-refractivity contribution in [2.45, 2.75) is 50.1 Å². The Hall–Kier alpha value is -0.200. The fraction of sp³-hybridized carbons (Fsp3) is 1.00. The van der Waals surface area contributed by atoms with E-state index in [1.165, 1.54) is 0 Å². The topological polar surface area (TPSA) is 63.8 Å². The molecule has 2 heterocycles. The maximum atomic E-state index is 9.07. The van der Waals surface area contributed by atoms with E-state index in [1.54, 1.807) is 7.11 Å². The van der Waals surface area contributed by atoms with Gasteiger partial charge in [0, 0.05) is 7.11 Å². The second-order valence-electron chi connectivity index (χ2n) is 5.33. The van der Waals surface area contributed by atoms with Gasteiger partial charge in [-0.25, -0.2) is 0 Å². The Kier molecular flexibility index (Phi) is 3.75. The van der Waals surface area contributed by atoms with Crippen molar-refractivity contribution < 1.29 is 24.1 Å². The zero-order chi connectivity index (χ0) is 12.5. The Balaban J connectivity index is 1.60. The molecular weight excluding hydrogens is 224 g/mol. The SMILES string of the molecule is COCOC[C@@]1(C)O[C@H]1CC[C@H]1O[C@@]1(C)CO. The first-order valence-electron chi connectivity index (χ1n) is 6.07. The van der Waals surface area contributed by atoms with E-state index in [-0.39, 0.29) is 30.0 Å². The molecule has 2 fully saturated rings. The summed E-state index contributed by atoms with van der Waals surface area (Å²) < 4.78 is 21.2. The number of methoxy groups -OCH3 is 1. The fourth-order valence-electron chi connectivity index (χ4n) is 2.21. The lowest BCUT2D eigenvalue weighted by Crippen LogP contribution is -2.20. The third-order valence-corrected chi connectivity index (χ3v) is 3.67. The number of hydrogen-bond acceptors (Lipinski definition) is 5. The van der Waals surface area contributed by atoms with Crippen LogP contribution in [0.5, 0.6) is 0 Å². The maximum absolute atomic E-state index is 9.07. The number of ether oxygens (including phenoxy) is 4. The van der Waals surface area contributed by atoms with Crippen molar-refractivity contribution >= 4 is 0 Å². The average Bonchev–Trinajstić information content (AvgIpc) is 3.15. The Morgan fingerprint density at radius 3 is 2.24 bits per heavy atom. The lowest BCUT2D eigenvalue weighted by molar-refractivity contribution is -0.0463. The van der Waals surface area contributed by atoms with Crippen LogP contribution in [-0.4, -0.2) is 55.6 Å². The van der Waals surface area contributed by atoms with Gasteiger partial charge in [-0.1, -0.05) is 0 Å². The predicted octanol–water partition coefficient (Wildman–Crippen LogP) is 0.694. The zero-order valence-corrected chi connectivity index (χ0v) is 10.8. The van der Waals surface area contributed by atoms with Gasteiger partial charge in [0.15, 0.2) is 0 Å². The van der Waals surface area contributed by atoms with Gasteiger partial charge in [-0.2, -0.15) is 0 Å². The van der Waals surface area contributed by atoms with E-state index < -0.39 is 0 Å². The van der Waals surface area contributed by atoms with Gasteiger partial charge >= 0.3 is 0 Å². The van der Waals surface area contributed by atoms with Crippen LogP contribution in [0.2, 0.25) is 0 Å². The van der Waals surface area contributed by atoms with Crippen molar-refractivity contribution in [3.63, 3.8) is 0 Å². The van der Waals surface area contributed by atoms with Gasteiger partial charge in [0.25, 0.3) is 0 Å². The normalized spacial score (nSPS) is 43.8. The second kappa shape index (κ2) is 4.82. The van der Waals surface area contributed by atoms with Crippen molar-refractivity contribution in [3.05, 3.63) is 0 Å². The van der Waals surface area contributed by atoms with Crippen LogP contribution in [0.25, 0.3) is 0 Å². The van der Waals surface area contributed by atoms with Gasteiger partial charge in [0.2, 0.25) is 0 Å². The number of aliphatic hydroxyl groups is 1. The van der Waals surface area contributed by atoms with Crippen molar-refractivity contribution in [3.8, 4) is 0 Å². The maximum Gasteiger partial charge on any atom is 0.146 e. The highest BCUT2D eigenvalue weighted by Gasteiger charge is 2.56. The summed E-state index contributed by atoms with van der Waals surface area (Å²) in [5, 5.41) is 9.07. The molecule has 2 aliphatic rings. The third-order valence-electron chi connectivity index (χ3n) is 3.67. The summed E-state index contributed by atoms with van der Waals surface area (Å²) in [7, 11) is 1.60. The van der Waals surface area contributed by atoms with E-state index in [0.29, 0.717) is 13.4 Å². The quantitative estimate of drug-likeness (QED) is 0.388. The van der Waals surface area contributed by atoms with Gasteiger partial charge in [-0.3, -0.25) is 0 Å². The summed E-state index contributed by atoms with van der Waals surface area (Å²) >= 11 is 0. The first-order valence-corrected chi connectivity index (χ1v) is 6.07. The third kappa shape index (κ3) is 2.98. The van der Waals surface area contributed by atoms with E-state index in [1.807, 2.05) is 13.8 Å². The standard InChI is InChI=1S/C12H22O5/c1-11(6-13)9(16-11)4-5-10-12(2,17-10)7-15-8-14-3/h9-10,13H,4-8H2,1-3H3/t9-,10+,11+,12-/m1/s1. The number of hydrogen-bond donors (Lipinski definition) is 1. The molecule has 0 amide bonds. The molecule has 1 N–H and O–H groups in total. The molecule has 0 spiro atoms. The summed E-state index contributed by atoms with van der Waals surface area (Å²) in [5.74, 6) is 0.